The monoisotopic (exact) mass is 386 g/mol. The van der Waals surface area contributed by atoms with Gasteiger partial charge in [0.05, 0.1) is 18.5 Å². The van der Waals surface area contributed by atoms with Gasteiger partial charge < -0.3 is 19.7 Å². The van der Waals surface area contributed by atoms with Crippen LogP contribution >= 0.6 is 0 Å². The molecule has 0 spiro atoms. The molecular weight excluding hydrogens is 356 g/mol. The molecule has 7 nitrogen and oxygen atoms in total. The molecule has 1 amide bonds. The summed E-state index contributed by atoms with van der Waals surface area (Å²) < 4.78 is 12.6. The molecule has 0 unspecified atom stereocenters. The number of aromatic nitrogens is 2. The van der Waals surface area contributed by atoms with Gasteiger partial charge in [-0.25, -0.2) is 4.68 Å². The molecule has 0 aliphatic carbocycles. The minimum atomic E-state index is -0.0610. The number of carbonyl (C=O) groups is 1. The average Bonchev–Trinajstić information content (AvgIpc) is 3.17. The van der Waals surface area contributed by atoms with Gasteiger partial charge in [-0.1, -0.05) is 18.2 Å². The van der Waals surface area contributed by atoms with E-state index in [2.05, 4.69) is 10.4 Å². The number of para-hydroxylation sites is 1. The minimum absolute atomic E-state index is 0.0610. The van der Waals surface area contributed by atoms with Crippen LogP contribution in [0.15, 0.2) is 36.5 Å². The number of benzene rings is 1. The Bertz CT molecular complexity index is 739. The van der Waals surface area contributed by atoms with Crippen molar-refractivity contribution in [1.29, 1.82) is 0 Å². The van der Waals surface area contributed by atoms with Crippen molar-refractivity contribution >= 4 is 5.91 Å². The summed E-state index contributed by atoms with van der Waals surface area (Å²) in [6.07, 6.45) is 5.00. The third-order valence-corrected chi connectivity index (χ3v) is 5.15. The van der Waals surface area contributed by atoms with Crippen molar-refractivity contribution in [1.82, 2.24) is 20.0 Å². The van der Waals surface area contributed by atoms with Gasteiger partial charge in [-0.2, -0.15) is 5.10 Å². The van der Waals surface area contributed by atoms with Crippen molar-refractivity contribution in [3.8, 4) is 11.4 Å². The number of hydrogen-bond donors (Lipinski definition) is 1. The van der Waals surface area contributed by atoms with Crippen molar-refractivity contribution in [2.75, 3.05) is 47.0 Å². The number of methoxy groups -OCH3 is 1. The molecule has 0 saturated carbocycles. The average molecular weight is 386 g/mol. The fourth-order valence-corrected chi connectivity index (χ4v) is 3.48. The lowest BCUT2D eigenvalue weighted by Gasteiger charge is -2.31. The van der Waals surface area contributed by atoms with Crippen molar-refractivity contribution in [3.05, 3.63) is 42.2 Å². The van der Waals surface area contributed by atoms with Gasteiger partial charge in [0, 0.05) is 20.2 Å². The number of hydrogen-bond acceptors (Lipinski definition) is 5. The smallest absolute Gasteiger partial charge is 0.278 e. The van der Waals surface area contributed by atoms with E-state index in [1.165, 1.54) is 0 Å². The largest absolute Gasteiger partial charge is 0.487 e. The van der Waals surface area contributed by atoms with E-state index in [0.717, 1.165) is 44.6 Å². The van der Waals surface area contributed by atoms with Crippen LogP contribution in [0.3, 0.4) is 0 Å². The summed E-state index contributed by atoms with van der Waals surface area (Å²) in [5, 5.41) is 7.76. The predicted octanol–water partition coefficient (Wildman–Crippen LogP) is 2.36. The SMILES string of the molecule is CNCCC1CCN(C(=O)c2nn(-c3ccccc3)cc2OCCOC)CC1. The number of nitrogens with zero attached hydrogens (tertiary/aromatic N) is 3. The van der Waals surface area contributed by atoms with Gasteiger partial charge in [-0.05, 0) is 50.9 Å². The van der Waals surface area contributed by atoms with E-state index in [0.29, 0.717) is 30.6 Å². The second kappa shape index (κ2) is 10.2. The third-order valence-electron chi connectivity index (χ3n) is 5.15. The molecule has 1 aromatic heterocycles. The van der Waals surface area contributed by atoms with Gasteiger partial charge >= 0.3 is 0 Å². The molecular formula is C21H30N4O3. The van der Waals surface area contributed by atoms with Gasteiger partial charge in [0.1, 0.15) is 6.61 Å². The Balaban J connectivity index is 1.73. The summed E-state index contributed by atoms with van der Waals surface area (Å²) in [5.41, 5.74) is 1.26. The number of carbonyl (C=O) groups excluding carboxylic acids is 1. The summed E-state index contributed by atoms with van der Waals surface area (Å²) in [7, 11) is 3.61. The van der Waals surface area contributed by atoms with Gasteiger partial charge in [-0.15, -0.1) is 0 Å². The van der Waals surface area contributed by atoms with Crippen LogP contribution in [-0.2, 0) is 4.74 Å². The topological polar surface area (TPSA) is 68.6 Å². The molecule has 1 aliphatic heterocycles. The number of ether oxygens (including phenoxy) is 2. The molecule has 152 valence electrons. The maximum atomic E-state index is 13.1. The molecule has 28 heavy (non-hydrogen) atoms. The second-order valence-electron chi connectivity index (χ2n) is 7.09. The van der Waals surface area contributed by atoms with Crippen molar-refractivity contribution in [2.24, 2.45) is 5.92 Å². The fraction of sp³-hybridized carbons (Fsp3) is 0.524. The highest BCUT2D eigenvalue weighted by atomic mass is 16.5. The third kappa shape index (κ3) is 5.11. The Morgan fingerprint density at radius 3 is 2.64 bits per heavy atom. The molecule has 2 heterocycles. The van der Waals surface area contributed by atoms with Crippen LogP contribution < -0.4 is 10.1 Å². The van der Waals surface area contributed by atoms with E-state index in [1.807, 2.05) is 42.3 Å². The van der Waals surface area contributed by atoms with Crippen molar-refractivity contribution < 1.29 is 14.3 Å². The van der Waals surface area contributed by atoms with Crippen LogP contribution in [0, 0.1) is 5.92 Å². The van der Waals surface area contributed by atoms with Crippen LogP contribution in [0.4, 0.5) is 0 Å². The van der Waals surface area contributed by atoms with Gasteiger partial charge in [-0.3, -0.25) is 4.79 Å². The Hall–Kier alpha value is -2.38. The number of likely N-dealkylation sites (tertiary alicyclic amines) is 1. The number of piperidine rings is 1. The highest BCUT2D eigenvalue weighted by Gasteiger charge is 2.28. The fourth-order valence-electron chi connectivity index (χ4n) is 3.48. The molecule has 0 bridgehead atoms. The highest BCUT2D eigenvalue weighted by molar-refractivity contribution is 5.95. The lowest BCUT2D eigenvalue weighted by atomic mass is 9.93. The molecule has 1 aliphatic rings. The molecule has 2 aromatic rings. The maximum absolute atomic E-state index is 13.1. The molecule has 1 N–H and O–H groups in total. The Labute approximate surface area is 166 Å². The van der Waals surface area contributed by atoms with Crippen LogP contribution in [-0.4, -0.2) is 67.6 Å². The zero-order valence-corrected chi connectivity index (χ0v) is 16.8. The van der Waals surface area contributed by atoms with Gasteiger partial charge in [0.15, 0.2) is 11.4 Å². The van der Waals surface area contributed by atoms with Crippen LogP contribution in [0.1, 0.15) is 29.8 Å². The Morgan fingerprint density at radius 1 is 1.21 bits per heavy atom. The standard InChI is InChI=1S/C21H30N4O3/c1-22-11-8-17-9-12-24(13-10-17)21(26)20-19(28-15-14-27-2)16-25(23-20)18-6-4-3-5-7-18/h3-7,16-17,22H,8-15H2,1-2H3. The van der Waals surface area contributed by atoms with E-state index in [4.69, 9.17) is 9.47 Å². The van der Waals surface area contributed by atoms with Gasteiger partial charge in [0.25, 0.3) is 5.91 Å². The first kappa shape index (κ1) is 20.4. The molecule has 7 heteroatoms. The van der Waals surface area contributed by atoms with E-state index in [9.17, 15) is 4.79 Å². The highest BCUT2D eigenvalue weighted by Crippen LogP contribution is 2.25. The predicted molar refractivity (Wildman–Crippen MR) is 108 cm³/mol. The van der Waals surface area contributed by atoms with Gasteiger partial charge in [0.2, 0.25) is 0 Å². The molecule has 1 fully saturated rings. The maximum Gasteiger partial charge on any atom is 0.278 e. The normalized spacial score (nSPS) is 15.0. The van der Waals surface area contributed by atoms with E-state index < -0.39 is 0 Å². The first-order valence-corrected chi connectivity index (χ1v) is 9.93. The Kier molecular flexibility index (Phi) is 7.45. The van der Waals surface area contributed by atoms with Crippen LogP contribution in [0.5, 0.6) is 5.75 Å². The second-order valence-corrected chi connectivity index (χ2v) is 7.09. The molecule has 0 atom stereocenters. The summed E-state index contributed by atoms with van der Waals surface area (Å²) in [6, 6.07) is 9.74. The van der Waals surface area contributed by atoms with E-state index >= 15 is 0 Å². The number of rotatable bonds is 9. The molecule has 3 rings (SSSR count). The first-order chi connectivity index (χ1) is 13.7. The molecule has 1 saturated heterocycles. The summed E-state index contributed by atoms with van der Waals surface area (Å²) in [5.74, 6) is 1.12. The summed E-state index contributed by atoms with van der Waals surface area (Å²) >= 11 is 0. The van der Waals surface area contributed by atoms with E-state index in [-0.39, 0.29) is 5.91 Å². The van der Waals surface area contributed by atoms with Crippen LogP contribution in [0.25, 0.3) is 5.69 Å². The number of amides is 1. The summed E-state index contributed by atoms with van der Waals surface area (Å²) in [4.78, 5) is 15.0. The lowest BCUT2D eigenvalue weighted by molar-refractivity contribution is 0.0674. The van der Waals surface area contributed by atoms with Crippen molar-refractivity contribution in [3.63, 3.8) is 0 Å². The first-order valence-electron chi connectivity index (χ1n) is 9.93. The lowest BCUT2D eigenvalue weighted by Crippen LogP contribution is -2.39. The van der Waals surface area contributed by atoms with Crippen molar-refractivity contribution in [2.45, 2.75) is 19.3 Å². The molecule has 1 aromatic carbocycles. The Morgan fingerprint density at radius 2 is 1.96 bits per heavy atom. The van der Waals surface area contributed by atoms with E-state index in [1.54, 1.807) is 18.0 Å². The zero-order valence-electron chi connectivity index (χ0n) is 16.8. The minimum Gasteiger partial charge on any atom is -0.487 e. The zero-order chi connectivity index (χ0) is 19.8. The summed E-state index contributed by atoms with van der Waals surface area (Å²) in [6.45, 7) is 3.40. The quantitative estimate of drug-likeness (QED) is 0.670. The number of nitrogens with one attached hydrogen (secondary N) is 1. The molecule has 0 radical (unpaired) electrons. The van der Waals surface area contributed by atoms with Crippen LogP contribution in [0.2, 0.25) is 0 Å².